The summed E-state index contributed by atoms with van der Waals surface area (Å²) in [6.07, 6.45) is -5.22. The van der Waals surface area contributed by atoms with Crippen LogP contribution < -0.4 is 10.5 Å². The summed E-state index contributed by atoms with van der Waals surface area (Å²) in [4.78, 5) is 12.1. The van der Waals surface area contributed by atoms with Crippen molar-refractivity contribution in [3.8, 4) is 5.75 Å². The molecule has 0 saturated carbocycles. The van der Waals surface area contributed by atoms with E-state index in [2.05, 4.69) is 5.73 Å². The highest BCUT2D eigenvalue weighted by atomic mass is 19.4. The molecule has 0 aromatic heterocycles. The first-order valence-corrected chi connectivity index (χ1v) is 9.20. The maximum absolute atomic E-state index is 12.4. The van der Waals surface area contributed by atoms with Crippen LogP contribution in [-0.2, 0) is 14.3 Å². The van der Waals surface area contributed by atoms with Crippen LogP contribution in [0.3, 0.4) is 0 Å². The molecule has 2 rings (SSSR count). The quantitative estimate of drug-likeness (QED) is 0.599. The lowest BCUT2D eigenvalue weighted by Crippen LogP contribution is -2.65. The van der Waals surface area contributed by atoms with E-state index in [9.17, 15) is 18.0 Å². The monoisotopic (exact) mass is 390 g/mol. The third-order valence-corrected chi connectivity index (χ3v) is 4.45. The summed E-state index contributed by atoms with van der Waals surface area (Å²) in [7, 11) is 0. The minimum Gasteiger partial charge on any atom is -0.488 e. The molecular weight excluding hydrogens is 363 g/mol. The molecule has 1 aromatic rings. The maximum Gasteiger partial charge on any atom is 0.389 e. The van der Waals surface area contributed by atoms with Crippen LogP contribution in [0.5, 0.6) is 5.75 Å². The largest absolute Gasteiger partial charge is 0.488 e. The van der Waals surface area contributed by atoms with Gasteiger partial charge in [-0.2, -0.15) is 13.2 Å². The molecule has 152 valence electrons. The number of alkyl halides is 3. The number of halogens is 3. The van der Waals surface area contributed by atoms with E-state index >= 15 is 0 Å². The first-order chi connectivity index (χ1) is 12.8. The zero-order valence-corrected chi connectivity index (χ0v) is 15.4. The van der Waals surface area contributed by atoms with Gasteiger partial charge in [-0.15, -0.1) is 0 Å². The Morgan fingerprint density at radius 2 is 1.93 bits per heavy atom. The average molecular weight is 390 g/mol. The van der Waals surface area contributed by atoms with Crippen LogP contribution in [0, 0.1) is 0 Å². The van der Waals surface area contributed by atoms with E-state index in [1.807, 2.05) is 18.2 Å². The molecule has 0 radical (unpaired) electrons. The number of hydrogen-bond donors (Lipinski definition) is 1. The second-order valence-electron chi connectivity index (χ2n) is 6.79. The highest BCUT2D eigenvalue weighted by Crippen LogP contribution is 2.25. The second kappa shape index (κ2) is 9.94. The van der Waals surface area contributed by atoms with Gasteiger partial charge in [-0.25, -0.2) is 4.79 Å². The number of esters is 1. The lowest BCUT2D eigenvalue weighted by Gasteiger charge is -2.31. The average Bonchev–Trinajstić information content (AvgIpc) is 2.64. The minimum atomic E-state index is -4.22. The summed E-state index contributed by atoms with van der Waals surface area (Å²) in [5.41, 5.74) is 3.81. The maximum atomic E-state index is 12.4. The molecule has 1 aromatic carbocycles. The highest BCUT2D eigenvalue weighted by molar-refractivity contribution is 5.74. The van der Waals surface area contributed by atoms with Gasteiger partial charge in [0, 0.05) is 19.4 Å². The van der Waals surface area contributed by atoms with Crippen LogP contribution >= 0.6 is 0 Å². The van der Waals surface area contributed by atoms with Gasteiger partial charge in [0.15, 0.2) is 6.04 Å². The Labute approximate surface area is 157 Å². The van der Waals surface area contributed by atoms with Crippen molar-refractivity contribution in [2.45, 2.75) is 69.6 Å². The molecule has 0 amide bonds. The molecule has 0 aliphatic carbocycles. The molecule has 1 heterocycles. The van der Waals surface area contributed by atoms with Crippen LogP contribution in [0.2, 0.25) is 0 Å². The fraction of sp³-hybridized carbons (Fsp3) is 0.632. The van der Waals surface area contributed by atoms with Crippen LogP contribution in [-0.4, -0.2) is 43.1 Å². The number of rotatable bonds is 6. The molecule has 8 heteroatoms. The Balaban J connectivity index is 2.09. The van der Waals surface area contributed by atoms with E-state index in [1.165, 1.54) is 0 Å². The predicted molar refractivity (Wildman–Crippen MR) is 92.0 cm³/mol. The molecule has 27 heavy (non-hydrogen) atoms. The molecule has 0 unspecified atom stereocenters. The summed E-state index contributed by atoms with van der Waals surface area (Å²) in [5, 5.41) is 0. The molecule has 1 fully saturated rings. The zero-order chi connectivity index (χ0) is 19.9. The predicted octanol–water partition coefficient (Wildman–Crippen LogP) is 2.89. The number of carbonyl (C=O) groups is 1. The van der Waals surface area contributed by atoms with E-state index < -0.39 is 42.9 Å². The topological polar surface area (TPSA) is 72.4 Å². The van der Waals surface area contributed by atoms with Gasteiger partial charge in [0.25, 0.3) is 0 Å². The molecule has 1 aliphatic rings. The first-order valence-electron chi connectivity index (χ1n) is 9.20. The van der Waals surface area contributed by atoms with Crippen LogP contribution in [0.25, 0.3) is 0 Å². The van der Waals surface area contributed by atoms with Crippen molar-refractivity contribution in [1.82, 2.24) is 0 Å². The van der Waals surface area contributed by atoms with Gasteiger partial charge in [-0.3, -0.25) is 0 Å². The molecule has 5 nitrogen and oxygen atoms in total. The standard InChI is InChI=1S/C19H26F3NO4/c1-13-17(25-12-6-11-19(20,21)22)16(27-14-7-3-2-4-8-14)10-5-9-15(23)18(24)26-13/h2-4,7-8,13,15-17H,5-6,9-12,23H2,1H3/p+1/t13-,15-,16-,17-/m0/s1. The Kier molecular flexibility index (Phi) is 7.91. The molecular formula is C19H27F3NO4+. The Bertz CT molecular complexity index is 582. The second-order valence-corrected chi connectivity index (χ2v) is 6.79. The SMILES string of the molecule is C[C@@H]1OC(=O)[C@@H]([NH3+])CCC[C@H](Oc2ccccc2)[C@H]1OCCCC(F)(F)F. The van der Waals surface area contributed by atoms with E-state index in [0.717, 1.165) is 0 Å². The summed E-state index contributed by atoms with van der Waals surface area (Å²) in [6, 6.07) is 8.65. The molecule has 1 saturated heterocycles. The molecule has 0 bridgehead atoms. The highest BCUT2D eigenvalue weighted by Gasteiger charge is 2.36. The summed E-state index contributed by atoms with van der Waals surface area (Å²) < 4.78 is 54.3. The molecule has 0 spiro atoms. The van der Waals surface area contributed by atoms with Crippen LogP contribution in [0.15, 0.2) is 30.3 Å². The van der Waals surface area contributed by atoms with Gasteiger partial charge >= 0.3 is 12.1 Å². The van der Waals surface area contributed by atoms with E-state index in [0.29, 0.717) is 25.0 Å². The van der Waals surface area contributed by atoms with Gasteiger partial charge in [0.05, 0.1) is 0 Å². The summed E-state index contributed by atoms with van der Waals surface area (Å²) >= 11 is 0. The van der Waals surface area contributed by atoms with Crippen LogP contribution in [0.4, 0.5) is 13.2 Å². The number of quaternary nitrogens is 1. The van der Waals surface area contributed by atoms with Crippen molar-refractivity contribution >= 4 is 5.97 Å². The Morgan fingerprint density at radius 1 is 1.22 bits per heavy atom. The number of cyclic esters (lactones) is 1. The van der Waals surface area contributed by atoms with Gasteiger partial charge in [-0.1, -0.05) is 18.2 Å². The molecule has 4 atom stereocenters. The number of benzene rings is 1. The number of hydrogen-bond acceptors (Lipinski definition) is 4. The van der Waals surface area contributed by atoms with Crippen molar-refractivity contribution in [1.29, 1.82) is 0 Å². The Hall–Kier alpha value is -1.80. The lowest BCUT2D eigenvalue weighted by atomic mass is 10.0. The first kappa shape index (κ1) is 21.5. The van der Waals surface area contributed by atoms with Crippen molar-refractivity contribution in [2.75, 3.05) is 6.61 Å². The number of para-hydroxylation sites is 1. The fourth-order valence-corrected chi connectivity index (χ4v) is 3.03. The van der Waals surface area contributed by atoms with Crippen LogP contribution in [0.1, 0.15) is 39.0 Å². The van der Waals surface area contributed by atoms with Gasteiger partial charge in [0.1, 0.15) is 24.1 Å². The van der Waals surface area contributed by atoms with Crippen molar-refractivity contribution in [2.24, 2.45) is 0 Å². The van der Waals surface area contributed by atoms with E-state index in [1.54, 1.807) is 19.1 Å². The fourth-order valence-electron chi connectivity index (χ4n) is 3.03. The normalized spacial score (nSPS) is 27.2. The summed E-state index contributed by atoms with van der Waals surface area (Å²) in [6.45, 7) is 1.58. The Morgan fingerprint density at radius 3 is 2.59 bits per heavy atom. The molecule has 1 aliphatic heterocycles. The lowest BCUT2D eigenvalue weighted by molar-refractivity contribution is -0.410. The van der Waals surface area contributed by atoms with Gasteiger partial charge < -0.3 is 19.9 Å². The van der Waals surface area contributed by atoms with Gasteiger partial charge in [-0.05, 0) is 38.3 Å². The minimum absolute atomic E-state index is 0.0888. The van der Waals surface area contributed by atoms with E-state index in [-0.39, 0.29) is 13.0 Å². The third-order valence-electron chi connectivity index (χ3n) is 4.45. The van der Waals surface area contributed by atoms with Gasteiger partial charge in [0.2, 0.25) is 0 Å². The smallest absolute Gasteiger partial charge is 0.389 e. The van der Waals surface area contributed by atoms with E-state index in [4.69, 9.17) is 14.2 Å². The molecule has 3 N–H and O–H groups in total. The van der Waals surface area contributed by atoms with Crippen molar-refractivity contribution in [3.05, 3.63) is 30.3 Å². The summed E-state index contributed by atoms with van der Waals surface area (Å²) in [5.74, 6) is 0.210. The number of carbonyl (C=O) groups excluding carboxylic acids is 1. The number of ether oxygens (including phenoxy) is 3. The third kappa shape index (κ3) is 7.38. The zero-order valence-electron chi connectivity index (χ0n) is 15.4. The van der Waals surface area contributed by atoms with Crippen molar-refractivity contribution in [3.63, 3.8) is 0 Å². The van der Waals surface area contributed by atoms with Crippen molar-refractivity contribution < 1.29 is 37.9 Å².